The van der Waals surface area contributed by atoms with Crippen LogP contribution in [-0.2, 0) is 14.3 Å². The number of unbranched alkanes of at least 4 members (excludes halogenated alkanes) is 2. The first kappa shape index (κ1) is 22.3. The molecule has 0 saturated heterocycles. The van der Waals surface area contributed by atoms with Crippen molar-refractivity contribution >= 4 is 18.1 Å². The van der Waals surface area contributed by atoms with Gasteiger partial charge in [-0.25, -0.2) is 4.79 Å². The number of likely N-dealkylation sites (N-methyl/N-ethyl adjacent to an activating group) is 1. The minimum absolute atomic E-state index is 0.171. The van der Waals surface area contributed by atoms with Gasteiger partial charge in [-0.1, -0.05) is 55.5 Å². The Balaban J connectivity index is 2.69. The summed E-state index contributed by atoms with van der Waals surface area (Å²) in [5.41, 5.74) is 0.937. The van der Waals surface area contributed by atoms with E-state index in [4.69, 9.17) is 9.47 Å². The highest BCUT2D eigenvalue weighted by Crippen LogP contribution is 2.04. The molecule has 0 heterocycles. The van der Waals surface area contributed by atoms with Crippen molar-refractivity contribution in [2.75, 3.05) is 13.6 Å². The smallest absolute Gasteiger partial charge is 0.432 e. The Morgan fingerprint density at radius 1 is 1.19 bits per heavy atom. The van der Waals surface area contributed by atoms with Gasteiger partial charge < -0.3 is 14.4 Å². The van der Waals surface area contributed by atoms with E-state index in [0.29, 0.717) is 0 Å². The maximum absolute atomic E-state index is 12.3. The van der Waals surface area contributed by atoms with E-state index in [1.165, 1.54) is 11.0 Å². The van der Waals surface area contributed by atoms with Gasteiger partial charge in [-0.3, -0.25) is 4.79 Å². The summed E-state index contributed by atoms with van der Waals surface area (Å²) in [4.78, 5) is 25.6. The summed E-state index contributed by atoms with van der Waals surface area (Å²) in [6, 6.07) is 9.56. The lowest BCUT2D eigenvalue weighted by Gasteiger charge is -2.20. The minimum atomic E-state index is -0.777. The summed E-state index contributed by atoms with van der Waals surface area (Å²) in [6.07, 6.45) is 4.19. The molecule has 1 amide bonds. The van der Waals surface area contributed by atoms with Crippen molar-refractivity contribution in [3.63, 3.8) is 0 Å². The van der Waals surface area contributed by atoms with Crippen LogP contribution in [0.4, 0.5) is 4.79 Å². The fourth-order valence-corrected chi connectivity index (χ4v) is 2.10. The summed E-state index contributed by atoms with van der Waals surface area (Å²) in [5, 5.41) is 0. The van der Waals surface area contributed by atoms with Crippen LogP contribution in [0.1, 0.15) is 45.6 Å². The van der Waals surface area contributed by atoms with Gasteiger partial charge in [0.2, 0.25) is 5.91 Å². The SMILES string of the molecule is CCCCC#CC(CN(C)C(=O)/C=C/c1ccccc1)OC(=O)OC(C)C. The molecule has 0 aliphatic heterocycles. The number of hydrogen-bond acceptors (Lipinski definition) is 4. The highest BCUT2D eigenvalue weighted by Gasteiger charge is 2.18. The Hall–Kier alpha value is -2.74. The predicted octanol–water partition coefficient (Wildman–Crippen LogP) is 4.28. The van der Waals surface area contributed by atoms with E-state index in [1.807, 2.05) is 30.3 Å². The van der Waals surface area contributed by atoms with Gasteiger partial charge in [-0.05, 0) is 31.9 Å². The Bertz CT molecular complexity index is 671. The van der Waals surface area contributed by atoms with Gasteiger partial charge in [0.15, 0.2) is 6.10 Å². The molecule has 27 heavy (non-hydrogen) atoms. The van der Waals surface area contributed by atoms with Crippen LogP contribution in [0.3, 0.4) is 0 Å². The summed E-state index contributed by atoms with van der Waals surface area (Å²) in [7, 11) is 1.65. The summed E-state index contributed by atoms with van der Waals surface area (Å²) in [6.45, 7) is 5.74. The van der Waals surface area contributed by atoms with Crippen molar-refractivity contribution < 1.29 is 19.1 Å². The molecule has 0 radical (unpaired) electrons. The van der Waals surface area contributed by atoms with Crippen molar-refractivity contribution in [1.82, 2.24) is 4.90 Å². The van der Waals surface area contributed by atoms with Crippen LogP contribution in [-0.4, -0.2) is 42.8 Å². The zero-order valence-corrected chi connectivity index (χ0v) is 16.6. The number of ether oxygens (including phenoxy) is 2. The summed E-state index contributed by atoms with van der Waals surface area (Å²) >= 11 is 0. The van der Waals surface area contributed by atoms with Crippen molar-refractivity contribution in [2.24, 2.45) is 0 Å². The number of rotatable bonds is 8. The zero-order valence-electron chi connectivity index (χ0n) is 16.6. The van der Waals surface area contributed by atoms with Gasteiger partial charge in [-0.2, -0.15) is 0 Å². The molecular weight excluding hydrogens is 342 g/mol. The van der Waals surface area contributed by atoms with Gasteiger partial charge in [-0.15, -0.1) is 0 Å². The van der Waals surface area contributed by atoms with E-state index in [9.17, 15) is 9.59 Å². The van der Waals surface area contributed by atoms with Crippen LogP contribution in [0.25, 0.3) is 6.08 Å². The molecule has 1 aromatic rings. The molecule has 1 unspecified atom stereocenters. The van der Waals surface area contributed by atoms with Crippen molar-refractivity contribution in [1.29, 1.82) is 0 Å². The highest BCUT2D eigenvalue weighted by atomic mass is 16.7. The van der Waals surface area contributed by atoms with Crippen molar-refractivity contribution in [3.05, 3.63) is 42.0 Å². The first-order valence-corrected chi connectivity index (χ1v) is 9.26. The standard InChI is InChI=1S/C22H29NO4/c1-5-6-7-11-14-20(27-22(25)26-18(2)3)17-23(4)21(24)16-15-19-12-9-8-10-13-19/h8-10,12-13,15-16,18,20H,5-7,17H2,1-4H3/b16-15+. The van der Waals surface area contributed by atoms with E-state index in [2.05, 4.69) is 18.8 Å². The molecule has 1 rings (SSSR count). The lowest BCUT2D eigenvalue weighted by molar-refractivity contribution is -0.125. The first-order chi connectivity index (χ1) is 12.9. The van der Waals surface area contributed by atoms with E-state index in [1.54, 1.807) is 27.0 Å². The van der Waals surface area contributed by atoms with Gasteiger partial charge in [0.05, 0.1) is 12.6 Å². The van der Waals surface area contributed by atoms with Gasteiger partial charge in [0.25, 0.3) is 0 Å². The van der Waals surface area contributed by atoms with E-state index in [0.717, 1.165) is 24.8 Å². The molecule has 0 aromatic heterocycles. The number of benzene rings is 1. The van der Waals surface area contributed by atoms with Crippen LogP contribution < -0.4 is 0 Å². The Morgan fingerprint density at radius 3 is 2.52 bits per heavy atom. The number of carbonyl (C=O) groups excluding carboxylic acids is 2. The molecule has 0 saturated carbocycles. The van der Waals surface area contributed by atoms with Crippen LogP contribution in [0.15, 0.2) is 36.4 Å². The quantitative estimate of drug-likeness (QED) is 0.296. The molecule has 0 bridgehead atoms. The van der Waals surface area contributed by atoms with Crippen molar-refractivity contribution in [2.45, 2.75) is 52.2 Å². The average molecular weight is 371 g/mol. The highest BCUT2D eigenvalue weighted by molar-refractivity contribution is 5.91. The fraction of sp³-hybridized carbons (Fsp3) is 0.455. The van der Waals surface area contributed by atoms with Crippen LogP contribution in [0, 0.1) is 11.8 Å². The minimum Gasteiger partial charge on any atom is -0.432 e. The Morgan fingerprint density at radius 2 is 1.89 bits per heavy atom. The maximum atomic E-state index is 12.3. The summed E-state index contributed by atoms with van der Waals surface area (Å²) < 4.78 is 10.3. The second-order valence-electron chi connectivity index (χ2n) is 6.41. The zero-order chi connectivity index (χ0) is 20.1. The van der Waals surface area contributed by atoms with Crippen LogP contribution in [0.5, 0.6) is 0 Å². The molecule has 1 atom stereocenters. The predicted molar refractivity (Wildman–Crippen MR) is 107 cm³/mol. The molecule has 0 N–H and O–H groups in total. The van der Waals surface area contributed by atoms with Gasteiger partial charge >= 0.3 is 6.16 Å². The molecule has 0 aliphatic carbocycles. The molecule has 146 valence electrons. The van der Waals surface area contributed by atoms with Crippen LogP contribution in [0.2, 0.25) is 0 Å². The average Bonchev–Trinajstić information content (AvgIpc) is 2.63. The molecule has 5 nitrogen and oxygen atoms in total. The third kappa shape index (κ3) is 10.1. The van der Waals surface area contributed by atoms with Gasteiger partial charge in [0.1, 0.15) is 0 Å². The Labute approximate surface area is 162 Å². The normalized spacial score (nSPS) is 11.6. The maximum Gasteiger partial charge on any atom is 0.509 e. The third-order valence-electron chi connectivity index (χ3n) is 3.52. The van der Waals surface area contributed by atoms with Crippen molar-refractivity contribution in [3.8, 4) is 11.8 Å². The molecule has 0 spiro atoms. The third-order valence-corrected chi connectivity index (χ3v) is 3.52. The fourth-order valence-electron chi connectivity index (χ4n) is 2.10. The largest absolute Gasteiger partial charge is 0.509 e. The monoisotopic (exact) mass is 371 g/mol. The molecule has 0 aliphatic rings. The second-order valence-corrected chi connectivity index (χ2v) is 6.41. The van der Waals surface area contributed by atoms with Gasteiger partial charge in [0, 0.05) is 19.5 Å². The van der Waals surface area contributed by atoms with E-state index < -0.39 is 12.3 Å². The van der Waals surface area contributed by atoms with E-state index >= 15 is 0 Å². The number of amides is 1. The topological polar surface area (TPSA) is 55.8 Å². The molecule has 0 fully saturated rings. The summed E-state index contributed by atoms with van der Waals surface area (Å²) in [5.74, 6) is 5.74. The number of hydrogen-bond donors (Lipinski definition) is 0. The lowest BCUT2D eigenvalue weighted by Crippen LogP contribution is -2.35. The first-order valence-electron chi connectivity index (χ1n) is 9.26. The molecular formula is C22H29NO4. The Kier molecular flexibility index (Phi) is 10.4. The van der Waals surface area contributed by atoms with E-state index in [-0.39, 0.29) is 18.6 Å². The van der Waals surface area contributed by atoms with Crippen LogP contribution >= 0.6 is 0 Å². The molecule has 1 aromatic carbocycles. The lowest BCUT2D eigenvalue weighted by atomic mass is 10.2. The second kappa shape index (κ2) is 12.6. The number of carbonyl (C=O) groups is 2. The number of nitrogens with zero attached hydrogens (tertiary/aromatic N) is 1. The molecule has 5 heteroatoms.